The van der Waals surface area contributed by atoms with E-state index in [1.54, 1.807) is 30.9 Å². The Morgan fingerprint density at radius 1 is 1.11 bits per heavy atom. The van der Waals surface area contributed by atoms with Crippen LogP contribution in [0.3, 0.4) is 0 Å². The lowest BCUT2D eigenvalue weighted by molar-refractivity contribution is -0.189. The zero-order valence-corrected chi connectivity index (χ0v) is 21.4. The Morgan fingerprint density at radius 3 is 2.67 bits per heavy atom. The minimum atomic E-state index is -1.09. The topological polar surface area (TPSA) is 74.5 Å². The van der Waals surface area contributed by atoms with Crippen LogP contribution in [0.2, 0.25) is 10.0 Å². The van der Waals surface area contributed by atoms with Crippen LogP contribution >= 0.6 is 23.2 Å². The predicted molar refractivity (Wildman–Crippen MR) is 138 cm³/mol. The molecule has 0 N–H and O–H groups in total. The second kappa shape index (κ2) is 10.4. The third kappa shape index (κ3) is 5.32. The van der Waals surface area contributed by atoms with Crippen molar-refractivity contribution in [1.29, 1.82) is 0 Å². The fourth-order valence-corrected chi connectivity index (χ4v) is 4.56. The van der Waals surface area contributed by atoms with Crippen molar-refractivity contribution in [2.24, 2.45) is 0 Å². The Hall–Kier alpha value is -3.17. The Labute approximate surface area is 219 Å². The number of nitrogens with zero attached hydrogens (tertiary/aromatic N) is 5. The van der Waals surface area contributed by atoms with E-state index in [-0.39, 0.29) is 6.10 Å². The molecule has 2 atom stereocenters. The molecule has 2 aromatic heterocycles. The van der Waals surface area contributed by atoms with Crippen molar-refractivity contribution < 1.29 is 14.2 Å². The van der Waals surface area contributed by atoms with Crippen molar-refractivity contribution in [3.05, 3.63) is 89.1 Å². The summed E-state index contributed by atoms with van der Waals surface area (Å²) in [4.78, 5) is 14.8. The number of imidazole rings is 1. The number of hydrogen-bond donors (Lipinski definition) is 0. The van der Waals surface area contributed by atoms with Crippen molar-refractivity contribution in [1.82, 2.24) is 19.5 Å². The number of halogens is 2. The van der Waals surface area contributed by atoms with Gasteiger partial charge < -0.3 is 23.7 Å². The number of rotatable bonds is 8. The first-order valence-electron chi connectivity index (χ1n) is 11.4. The van der Waals surface area contributed by atoms with Gasteiger partial charge in [-0.05, 0) is 42.5 Å². The van der Waals surface area contributed by atoms with E-state index < -0.39 is 5.79 Å². The third-order valence-corrected chi connectivity index (χ3v) is 6.33. The second-order valence-electron chi connectivity index (χ2n) is 8.63. The van der Waals surface area contributed by atoms with Gasteiger partial charge in [0.1, 0.15) is 18.5 Å². The van der Waals surface area contributed by atoms with E-state index in [1.165, 1.54) is 0 Å². The number of benzene rings is 2. The lowest BCUT2D eigenvalue weighted by Gasteiger charge is -2.30. The maximum atomic E-state index is 6.54. The van der Waals surface area contributed by atoms with E-state index in [4.69, 9.17) is 37.4 Å². The summed E-state index contributed by atoms with van der Waals surface area (Å²) in [6.45, 7) is 1.04. The summed E-state index contributed by atoms with van der Waals surface area (Å²) in [6, 6.07) is 14.9. The van der Waals surface area contributed by atoms with Crippen molar-refractivity contribution in [2.45, 2.75) is 18.4 Å². The highest BCUT2D eigenvalue weighted by molar-refractivity contribution is 6.35. The quantitative estimate of drug-likeness (QED) is 0.318. The average molecular weight is 526 g/mol. The minimum Gasteiger partial charge on any atom is -0.491 e. The first-order chi connectivity index (χ1) is 17.4. The highest BCUT2D eigenvalue weighted by Crippen LogP contribution is 2.40. The fraction of sp³-hybridized carbons (Fsp3) is 0.269. The molecule has 10 heteroatoms. The molecule has 1 saturated heterocycles. The van der Waals surface area contributed by atoms with Gasteiger partial charge in [0.25, 0.3) is 0 Å². The van der Waals surface area contributed by atoms with Crippen molar-refractivity contribution >= 4 is 29.2 Å². The minimum absolute atomic E-state index is 0.301. The maximum Gasteiger partial charge on any atom is 0.225 e. The number of hydrogen-bond acceptors (Lipinski definition) is 7. The van der Waals surface area contributed by atoms with Crippen LogP contribution in [0, 0.1) is 0 Å². The molecule has 4 aromatic rings. The first kappa shape index (κ1) is 24.5. The molecule has 36 heavy (non-hydrogen) atoms. The van der Waals surface area contributed by atoms with Crippen molar-refractivity contribution in [3.8, 4) is 17.0 Å². The lowest BCUT2D eigenvalue weighted by Crippen LogP contribution is -2.34. The average Bonchev–Trinajstić information content (AvgIpc) is 3.54. The fourth-order valence-electron chi connectivity index (χ4n) is 4.01. The number of ether oxygens (including phenoxy) is 3. The van der Waals surface area contributed by atoms with Crippen LogP contribution in [0.1, 0.15) is 5.56 Å². The summed E-state index contributed by atoms with van der Waals surface area (Å²) >= 11 is 12.7. The van der Waals surface area contributed by atoms with Gasteiger partial charge in [0, 0.05) is 48.8 Å². The summed E-state index contributed by atoms with van der Waals surface area (Å²) in [7, 11) is 3.83. The van der Waals surface area contributed by atoms with E-state index in [9.17, 15) is 0 Å². The standard InChI is InChI=1S/C26H25Cl2N5O3/c1-32(2)25-30-10-9-24(31-25)18-3-6-20(7-4-18)34-14-21-15-35-26(36-21,16-33-12-11-29-17-33)22-8-5-19(27)13-23(22)28/h3-13,17,21H,14-16H2,1-2H3. The monoisotopic (exact) mass is 525 g/mol. The zero-order chi connectivity index (χ0) is 25.1. The van der Waals surface area contributed by atoms with E-state index in [1.807, 2.05) is 66.2 Å². The molecule has 0 spiro atoms. The summed E-state index contributed by atoms with van der Waals surface area (Å²) in [5.74, 6) is 0.296. The molecule has 0 saturated carbocycles. The molecule has 0 aliphatic carbocycles. The third-order valence-electron chi connectivity index (χ3n) is 5.78. The molecule has 1 fully saturated rings. The van der Waals surface area contributed by atoms with Gasteiger partial charge in [-0.1, -0.05) is 29.3 Å². The van der Waals surface area contributed by atoms with Gasteiger partial charge in [0.2, 0.25) is 11.7 Å². The molecular weight excluding hydrogens is 501 g/mol. The van der Waals surface area contributed by atoms with E-state index in [0.29, 0.717) is 41.3 Å². The van der Waals surface area contributed by atoms with Crippen LogP contribution in [0.4, 0.5) is 5.95 Å². The second-order valence-corrected chi connectivity index (χ2v) is 9.48. The first-order valence-corrected chi connectivity index (χ1v) is 12.1. The van der Waals surface area contributed by atoms with Crippen molar-refractivity contribution in [2.75, 3.05) is 32.2 Å². The largest absolute Gasteiger partial charge is 0.491 e. The van der Waals surface area contributed by atoms with Gasteiger partial charge in [-0.2, -0.15) is 0 Å². The molecule has 0 radical (unpaired) electrons. The maximum absolute atomic E-state index is 6.54. The summed E-state index contributed by atoms with van der Waals surface area (Å²) in [6.07, 6.45) is 6.72. The van der Waals surface area contributed by atoms with Crippen LogP contribution in [0.25, 0.3) is 11.3 Å². The van der Waals surface area contributed by atoms with Gasteiger partial charge in [-0.15, -0.1) is 0 Å². The molecule has 8 nitrogen and oxygen atoms in total. The zero-order valence-electron chi connectivity index (χ0n) is 19.8. The molecule has 0 bridgehead atoms. The van der Waals surface area contributed by atoms with Crippen molar-refractivity contribution in [3.63, 3.8) is 0 Å². The molecule has 0 amide bonds. The summed E-state index contributed by atoms with van der Waals surface area (Å²) < 4.78 is 20.6. The highest BCUT2D eigenvalue weighted by Gasteiger charge is 2.45. The highest BCUT2D eigenvalue weighted by atomic mass is 35.5. The molecule has 2 aromatic carbocycles. The van der Waals surface area contributed by atoms with Gasteiger partial charge in [0.05, 0.1) is 30.2 Å². The van der Waals surface area contributed by atoms with Gasteiger partial charge in [-0.25, -0.2) is 15.0 Å². The molecule has 2 unspecified atom stereocenters. The Bertz CT molecular complexity index is 1320. The smallest absolute Gasteiger partial charge is 0.225 e. The van der Waals surface area contributed by atoms with E-state index >= 15 is 0 Å². The van der Waals surface area contributed by atoms with E-state index in [2.05, 4.69) is 15.0 Å². The molecular formula is C26H25Cl2N5O3. The Morgan fingerprint density at radius 2 is 1.94 bits per heavy atom. The van der Waals surface area contributed by atoms with Crippen LogP contribution in [0.5, 0.6) is 5.75 Å². The SMILES string of the molecule is CN(C)c1nccc(-c2ccc(OCC3COC(Cn4ccnc4)(c4ccc(Cl)cc4Cl)O3)cc2)n1. The van der Waals surface area contributed by atoms with Crippen LogP contribution in [-0.4, -0.2) is 52.9 Å². The Balaban J connectivity index is 1.28. The van der Waals surface area contributed by atoms with Gasteiger partial charge in [0.15, 0.2) is 0 Å². The molecule has 1 aliphatic rings. The summed E-state index contributed by atoms with van der Waals surface area (Å²) in [5.41, 5.74) is 2.53. The predicted octanol–water partition coefficient (Wildman–Crippen LogP) is 5.06. The Kier molecular flexibility index (Phi) is 7.11. The van der Waals surface area contributed by atoms with Crippen LogP contribution in [0.15, 0.2) is 73.4 Å². The van der Waals surface area contributed by atoms with Crippen LogP contribution in [-0.2, 0) is 21.8 Å². The van der Waals surface area contributed by atoms with Crippen LogP contribution < -0.4 is 9.64 Å². The number of aromatic nitrogens is 4. The summed E-state index contributed by atoms with van der Waals surface area (Å²) in [5, 5.41) is 1.02. The number of anilines is 1. The van der Waals surface area contributed by atoms with Gasteiger partial charge >= 0.3 is 0 Å². The molecule has 5 rings (SSSR count). The van der Waals surface area contributed by atoms with E-state index in [0.717, 1.165) is 17.0 Å². The normalized spacial score (nSPS) is 19.4. The molecule has 1 aliphatic heterocycles. The lowest BCUT2D eigenvalue weighted by atomic mass is 10.1. The molecule has 3 heterocycles. The van der Waals surface area contributed by atoms with Gasteiger partial charge in [-0.3, -0.25) is 0 Å². The molecule has 186 valence electrons.